The molecule has 7 heteroatoms. The molecular formula is C7H5BrF2N2O2. The second-order valence-electron chi connectivity index (χ2n) is 2.39. The number of carboxylic acid groups (broad SMARTS) is 1. The van der Waals surface area contributed by atoms with Crippen molar-refractivity contribution in [1.29, 1.82) is 0 Å². The Hall–Kier alpha value is -1.24. The van der Waals surface area contributed by atoms with Gasteiger partial charge in [-0.2, -0.15) is 0 Å². The van der Waals surface area contributed by atoms with E-state index in [4.69, 9.17) is 10.8 Å². The minimum absolute atomic E-state index is 0.0738. The fourth-order valence-corrected chi connectivity index (χ4v) is 1.32. The second-order valence-corrected chi connectivity index (χ2v) is 3.18. The van der Waals surface area contributed by atoms with Crippen molar-refractivity contribution in [2.75, 3.05) is 5.73 Å². The summed E-state index contributed by atoms with van der Waals surface area (Å²) in [4.78, 5) is 13.8. The van der Waals surface area contributed by atoms with Crippen LogP contribution in [-0.4, -0.2) is 16.1 Å². The topological polar surface area (TPSA) is 76.2 Å². The summed E-state index contributed by atoms with van der Waals surface area (Å²) in [6.45, 7) is 0. The number of carbonyl (C=O) groups is 1. The molecule has 0 saturated carbocycles. The maximum Gasteiger partial charge on any atom is 0.338 e. The summed E-state index contributed by atoms with van der Waals surface area (Å²) in [5, 5.41) is 8.61. The van der Waals surface area contributed by atoms with Crippen LogP contribution in [0.15, 0.2) is 10.7 Å². The largest absolute Gasteiger partial charge is 0.478 e. The zero-order chi connectivity index (χ0) is 10.9. The van der Waals surface area contributed by atoms with Gasteiger partial charge in [-0.15, -0.1) is 0 Å². The number of hydrogen-bond acceptors (Lipinski definition) is 3. The molecule has 0 radical (unpaired) electrons. The van der Waals surface area contributed by atoms with Crippen LogP contribution in [0.2, 0.25) is 0 Å². The molecule has 0 fully saturated rings. The number of pyridine rings is 1. The number of hydrogen-bond donors (Lipinski definition) is 2. The third-order valence-electron chi connectivity index (χ3n) is 1.52. The fourth-order valence-electron chi connectivity index (χ4n) is 0.841. The summed E-state index contributed by atoms with van der Waals surface area (Å²) >= 11 is 2.82. The number of rotatable bonds is 2. The molecule has 0 amide bonds. The summed E-state index contributed by atoms with van der Waals surface area (Å²) in [6.07, 6.45) is -1.99. The van der Waals surface area contributed by atoms with E-state index in [1.807, 2.05) is 0 Å². The number of nitrogens with zero attached hydrogens (tertiary/aromatic N) is 1. The first kappa shape index (κ1) is 10.8. The standard InChI is InChI=1S/C7H5BrF2N2O2/c8-3-2(7(13)14)1-12-5(4(3)11)6(9)10/h1,6H,11H2,(H,13,14). The quantitative estimate of drug-likeness (QED) is 0.859. The Kier molecular flexibility index (Phi) is 3.00. The first-order chi connectivity index (χ1) is 6.45. The lowest BCUT2D eigenvalue weighted by Gasteiger charge is -2.07. The van der Waals surface area contributed by atoms with E-state index >= 15 is 0 Å². The van der Waals surface area contributed by atoms with Crippen LogP contribution in [0.3, 0.4) is 0 Å². The molecule has 1 heterocycles. The van der Waals surface area contributed by atoms with E-state index in [0.717, 1.165) is 6.20 Å². The Bertz CT molecular complexity index is 384. The van der Waals surface area contributed by atoms with E-state index in [-0.39, 0.29) is 15.7 Å². The molecule has 3 N–H and O–H groups in total. The molecular weight excluding hydrogens is 262 g/mol. The first-order valence-corrected chi connectivity index (χ1v) is 4.19. The summed E-state index contributed by atoms with van der Waals surface area (Å²) < 4.78 is 24.4. The molecule has 0 bridgehead atoms. The van der Waals surface area contributed by atoms with Crippen LogP contribution >= 0.6 is 15.9 Å². The molecule has 0 aliphatic heterocycles. The van der Waals surface area contributed by atoms with Gasteiger partial charge in [0.25, 0.3) is 6.43 Å². The van der Waals surface area contributed by atoms with Crippen LogP contribution in [0.25, 0.3) is 0 Å². The maximum atomic E-state index is 12.2. The highest BCUT2D eigenvalue weighted by atomic mass is 79.9. The number of anilines is 1. The molecule has 0 unspecified atom stereocenters. The summed E-state index contributed by atoms with van der Waals surface area (Å²) in [5.41, 5.74) is 4.06. The Balaban J connectivity index is 3.33. The predicted octanol–water partition coefficient (Wildman–Crippen LogP) is 2.06. The fraction of sp³-hybridized carbons (Fsp3) is 0.143. The van der Waals surface area contributed by atoms with Crippen molar-refractivity contribution >= 4 is 27.6 Å². The molecule has 1 rings (SSSR count). The van der Waals surface area contributed by atoms with Crippen molar-refractivity contribution in [2.24, 2.45) is 0 Å². The molecule has 0 spiro atoms. The molecule has 4 nitrogen and oxygen atoms in total. The Morgan fingerprint density at radius 3 is 2.64 bits per heavy atom. The number of halogens is 3. The number of alkyl halides is 2. The minimum Gasteiger partial charge on any atom is -0.478 e. The Morgan fingerprint density at radius 1 is 1.64 bits per heavy atom. The van der Waals surface area contributed by atoms with E-state index in [2.05, 4.69) is 20.9 Å². The number of carboxylic acids is 1. The zero-order valence-electron chi connectivity index (χ0n) is 6.67. The lowest BCUT2D eigenvalue weighted by molar-refractivity contribution is 0.0694. The predicted molar refractivity (Wildman–Crippen MR) is 48.3 cm³/mol. The van der Waals surface area contributed by atoms with E-state index in [1.165, 1.54) is 0 Å². The van der Waals surface area contributed by atoms with Crippen LogP contribution in [-0.2, 0) is 0 Å². The Morgan fingerprint density at radius 2 is 2.21 bits per heavy atom. The summed E-state index contributed by atoms with van der Waals surface area (Å²) in [7, 11) is 0. The molecule has 0 aliphatic rings. The SMILES string of the molecule is Nc1c(C(F)F)ncc(C(=O)O)c1Br. The van der Waals surface area contributed by atoms with E-state index in [0.29, 0.717) is 0 Å². The van der Waals surface area contributed by atoms with Gasteiger partial charge in [-0.05, 0) is 15.9 Å². The van der Waals surface area contributed by atoms with Crippen molar-refractivity contribution in [3.8, 4) is 0 Å². The van der Waals surface area contributed by atoms with Crippen LogP contribution in [0, 0.1) is 0 Å². The molecule has 0 atom stereocenters. The second kappa shape index (κ2) is 3.87. The highest BCUT2D eigenvalue weighted by Gasteiger charge is 2.20. The van der Waals surface area contributed by atoms with E-state index < -0.39 is 18.1 Å². The van der Waals surface area contributed by atoms with Gasteiger partial charge in [0, 0.05) is 6.20 Å². The lowest BCUT2D eigenvalue weighted by Crippen LogP contribution is -2.06. The van der Waals surface area contributed by atoms with Crippen molar-refractivity contribution in [1.82, 2.24) is 4.98 Å². The van der Waals surface area contributed by atoms with Crippen molar-refractivity contribution < 1.29 is 18.7 Å². The Labute approximate surface area is 85.9 Å². The monoisotopic (exact) mass is 266 g/mol. The number of aromatic carboxylic acids is 1. The zero-order valence-corrected chi connectivity index (χ0v) is 8.25. The lowest BCUT2D eigenvalue weighted by atomic mass is 10.2. The van der Waals surface area contributed by atoms with Gasteiger partial charge in [-0.1, -0.05) is 0 Å². The van der Waals surface area contributed by atoms with Crippen molar-refractivity contribution in [2.45, 2.75) is 6.43 Å². The maximum absolute atomic E-state index is 12.2. The van der Waals surface area contributed by atoms with E-state index in [1.54, 1.807) is 0 Å². The van der Waals surface area contributed by atoms with Gasteiger partial charge in [0.15, 0.2) is 0 Å². The summed E-state index contributed by atoms with van der Waals surface area (Å²) in [6, 6.07) is 0. The van der Waals surface area contributed by atoms with Crippen LogP contribution < -0.4 is 5.73 Å². The highest BCUT2D eigenvalue weighted by molar-refractivity contribution is 9.10. The molecule has 1 aromatic heterocycles. The number of nitrogens with two attached hydrogens (primary N) is 1. The summed E-state index contributed by atoms with van der Waals surface area (Å²) in [5.74, 6) is -1.28. The van der Waals surface area contributed by atoms with Gasteiger partial charge in [0.05, 0.1) is 15.7 Å². The van der Waals surface area contributed by atoms with Gasteiger partial charge in [-0.25, -0.2) is 13.6 Å². The third kappa shape index (κ3) is 1.82. The first-order valence-electron chi connectivity index (χ1n) is 3.40. The third-order valence-corrected chi connectivity index (χ3v) is 2.37. The smallest absolute Gasteiger partial charge is 0.338 e. The number of aromatic nitrogens is 1. The van der Waals surface area contributed by atoms with Crippen molar-refractivity contribution in [3.05, 3.63) is 21.9 Å². The van der Waals surface area contributed by atoms with Crippen LogP contribution in [0.4, 0.5) is 14.5 Å². The van der Waals surface area contributed by atoms with Crippen LogP contribution in [0.5, 0.6) is 0 Å². The molecule has 76 valence electrons. The molecule has 14 heavy (non-hydrogen) atoms. The van der Waals surface area contributed by atoms with E-state index in [9.17, 15) is 13.6 Å². The average Bonchev–Trinajstić information content (AvgIpc) is 2.08. The highest BCUT2D eigenvalue weighted by Crippen LogP contribution is 2.31. The normalized spacial score (nSPS) is 10.6. The van der Waals surface area contributed by atoms with Crippen molar-refractivity contribution in [3.63, 3.8) is 0 Å². The van der Waals surface area contributed by atoms with Gasteiger partial charge in [0.2, 0.25) is 0 Å². The molecule has 0 aromatic carbocycles. The molecule has 0 saturated heterocycles. The average molecular weight is 267 g/mol. The molecule has 1 aromatic rings. The van der Waals surface area contributed by atoms with Gasteiger partial charge >= 0.3 is 5.97 Å². The van der Waals surface area contributed by atoms with Crippen LogP contribution in [0.1, 0.15) is 22.5 Å². The number of nitrogen functional groups attached to an aromatic ring is 1. The van der Waals surface area contributed by atoms with Gasteiger partial charge < -0.3 is 10.8 Å². The molecule has 0 aliphatic carbocycles. The minimum atomic E-state index is -2.82. The van der Waals surface area contributed by atoms with Gasteiger partial charge in [0.1, 0.15) is 5.69 Å². The van der Waals surface area contributed by atoms with Gasteiger partial charge in [-0.3, -0.25) is 4.98 Å².